The van der Waals surface area contributed by atoms with E-state index in [4.69, 9.17) is 0 Å². The molecular weight excluding hydrogens is 813 g/mol. The highest BCUT2D eigenvalue weighted by atomic mass is 32.1. The number of anilines is 6. The van der Waals surface area contributed by atoms with Crippen molar-refractivity contribution in [2.75, 3.05) is 9.80 Å². The highest BCUT2D eigenvalue weighted by molar-refractivity contribution is 7.26. The second-order valence-electron chi connectivity index (χ2n) is 16.5. The SMILES string of the molecule is c1ccc(-c2cc3cc(N(c4ccc5ccccc5c4)c4cccc5c4sc4ccccc45)ccc3cc2N(c2cccc3ccccc23)c2cccc3c2sc2ccccc23)cc1. The minimum Gasteiger partial charge on any atom is -0.309 e. The molecule has 2 heterocycles. The van der Waals surface area contributed by atoms with E-state index in [0.717, 1.165) is 22.7 Å². The van der Waals surface area contributed by atoms with E-state index in [1.807, 2.05) is 22.7 Å². The van der Waals surface area contributed by atoms with Crippen LogP contribution in [0.4, 0.5) is 34.1 Å². The molecule has 0 aliphatic heterocycles. The third-order valence-electron chi connectivity index (χ3n) is 12.8. The molecule has 0 saturated carbocycles. The van der Waals surface area contributed by atoms with Gasteiger partial charge in [0.15, 0.2) is 0 Å². The first-order valence-corrected chi connectivity index (χ1v) is 23.4. The molecule has 13 rings (SSSR count). The van der Waals surface area contributed by atoms with Crippen molar-refractivity contribution in [3.8, 4) is 11.1 Å². The van der Waals surface area contributed by atoms with Crippen molar-refractivity contribution >= 4 is 129 Å². The van der Waals surface area contributed by atoms with Gasteiger partial charge in [0.05, 0.1) is 32.1 Å². The van der Waals surface area contributed by atoms with Gasteiger partial charge in [0.1, 0.15) is 0 Å². The van der Waals surface area contributed by atoms with Crippen LogP contribution in [-0.2, 0) is 0 Å². The first-order valence-electron chi connectivity index (χ1n) is 21.7. The molecule has 0 spiro atoms. The van der Waals surface area contributed by atoms with Gasteiger partial charge in [-0.3, -0.25) is 0 Å². The monoisotopic (exact) mass is 850 g/mol. The van der Waals surface area contributed by atoms with Crippen molar-refractivity contribution in [2.45, 2.75) is 0 Å². The minimum absolute atomic E-state index is 1.11. The average Bonchev–Trinajstić information content (AvgIpc) is 3.94. The van der Waals surface area contributed by atoms with Gasteiger partial charge >= 0.3 is 0 Å². The summed E-state index contributed by atoms with van der Waals surface area (Å²) >= 11 is 3.74. The highest BCUT2D eigenvalue weighted by Gasteiger charge is 2.24. The van der Waals surface area contributed by atoms with E-state index in [2.05, 4.69) is 240 Å². The molecule has 0 aliphatic carbocycles. The van der Waals surface area contributed by atoms with E-state index >= 15 is 0 Å². The molecule has 2 aromatic heterocycles. The van der Waals surface area contributed by atoms with Gasteiger partial charge in [-0.1, -0.05) is 164 Å². The summed E-state index contributed by atoms with van der Waals surface area (Å²) in [6.07, 6.45) is 0. The van der Waals surface area contributed by atoms with Crippen LogP contribution in [0.15, 0.2) is 231 Å². The van der Waals surface area contributed by atoms with Crippen LogP contribution < -0.4 is 9.80 Å². The molecule has 0 fully saturated rings. The van der Waals surface area contributed by atoms with Crippen LogP contribution in [0.3, 0.4) is 0 Å². The topological polar surface area (TPSA) is 6.48 Å². The Labute approximate surface area is 378 Å². The Kier molecular flexibility index (Phi) is 8.61. The Morgan fingerprint density at radius 1 is 0.266 bits per heavy atom. The van der Waals surface area contributed by atoms with Gasteiger partial charge in [0, 0.05) is 53.3 Å². The van der Waals surface area contributed by atoms with Gasteiger partial charge in [-0.2, -0.15) is 0 Å². The maximum Gasteiger partial charge on any atom is 0.0640 e. The number of rotatable bonds is 7. The first-order chi connectivity index (χ1) is 31.7. The lowest BCUT2D eigenvalue weighted by Crippen LogP contribution is -2.12. The lowest BCUT2D eigenvalue weighted by Gasteiger charge is -2.30. The van der Waals surface area contributed by atoms with Crippen LogP contribution in [-0.4, -0.2) is 0 Å². The predicted molar refractivity (Wildman–Crippen MR) is 280 cm³/mol. The molecular formula is C60H38N2S2. The molecule has 0 radical (unpaired) electrons. The molecule has 0 aliphatic rings. The summed E-state index contributed by atoms with van der Waals surface area (Å²) in [7, 11) is 0. The van der Waals surface area contributed by atoms with E-state index in [1.54, 1.807) is 0 Å². The molecule has 11 aromatic carbocycles. The molecule has 0 unspecified atom stereocenters. The fourth-order valence-corrected chi connectivity index (χ4v) is 12.2. The number of nitrogens with zero attached hydrogens (tertiary/aromatic N) is 2. The molecule has 0 bridgehead atoms. The van der Waals surface area contributed by atoms with Gasteiger partial charge in [0.2, 0.25) is 0 Å². The van der Waals surface area contributed by atoms with E-state index in [-0.39, 0.29) is 0 Å². The fourth-order valence-electron chi connectivity index (χ4n) is 9.80. The summed E-state index contributed by atoms with van der Waals surface area (Å²) in [5.74, 6) is 0. The van der Waals surface area contributed by atoms with E-state index in [1.165, 1.54) is 95.2 Å². The Hall–Kier alpha value is -7.76. The Morgan fingerprint density at radius 3 is 1.45 bits per heavy atom. The van der Waals surface area contributed by atoms with E-state index in [0.29, 0.717) is 0 Å². The van der Waals surface area contributed by atoms with Gasteiger partial charge in [-0.25, -0.2) is 0 Å². The van der Waals surface area contributed by atoms with E-state index < -0.39 is 0 Å². The normalized spacial score (nSPS) is 11.8. The third-order valence-corrected chi connectivity index (χ3v) is 15.2. The Balaban J connectivity index is 1.08. The van der Waals surface area contributed by atoms with Crippen LogP contribution in [0.25, 0.3) is 83.8 Å². The average molecular weight is 851 g/mol. The smallest absolute Gasteiger partial charge is 0.0640 e. The van der Waals surface area contributed by atoms with Crippen LogP contribution >= 0.6 is 22.7 Å². The summed E-state index contributed by atoms with van der Waals surface area (Å²) in [5, 5.41) is 12.3. The molecule has 4 heteroatoms. The van der Waals surface area contributed by atoms with Crippen molar-refractivity contribution in [3.05, 3.63) is 231 Å². The molecule has 0 N–H and O–H groups in total. The van der Waals surface area contributed by atoms with Crippen molar-refractivity contribution in [1.82, 2.24) is 0 Å². The Bertz CT molecular complexity index is 3930. The summed E-state index contributed by atoms with van der Waals surface area (Å²) in [4.78, 5) is 4.99. The summed E-state index contributed by atoms with van der Waals surface area (Å²) in [5.41, 5.74) is 9.19. The highest BCUT2D eigenvalue weighted by Crippen LogP contribution is 2.51. The van der Waals surface area contributed by atoms with Crippen LogP contribution in [0.1, 0.15) is 0 Å². The largest absolute Gasteiger partial charge is 0.309 e. The third kappa shape index (κ3) is 5.99. The molecule has 64 heavy (non-hydrogen) atoms. The van der Waals surface area contributed by atoms with E-state index in [9.17, 15) is 0 Å². The van der Waals surface area contributed by atoms with Crippen molar-refractivity contribution < 1.29 is 0 Å². The molecule has 0 amide bonds. The first kappa shape index (κ1) is 36.9. The second-order valence-corrected chi connectivity index (χ2v) is 18.6. The van der Waals surface area contributed by atoms with Crippen LogP contribution in [0.5, 0.6) is 0 Å². The number of fused-ring (bicyclic) bond motifs is 9. The van der Waals surface area contributed by atoms with Gasteiger partial charge in [-0.15, -0.1) is 22.7 Å². The van der Waals surface area contributed by atoms with Gasteiger partial charge in [0.25, 0.3) is 0 Å². The molecule has 300 valence electrons. The van der Waals surface area contributed by atoms with Crippen LogP contribution in [0.2, 0.25) is 0 Å². The van der Waals surface area contributed by atoms with Crippen molar-refractivity contribution in [2.24, 2.45) is 0 Å². The zero-order chi connectivity index (χ0) is 42.1. The summed E-state index contributed by atoms with van der Waals surface area (Å²) in [6.45, 7) is 0. The lowest BCUT2D eigenvalue weighted by atomic mass is 9.96. The molecule has 0 saturated heterocycles. The minimum atomic E-state index is 1.11. The number of benzene rings is 11. The van der Waals surface area contributed by atoms with Crippen molar-refractivity contribution in [1.29, 1.82) is 0 Å². The zero-order valence-electron chi connectivity index (χ0n) is 34.7. The Morgan fingerprint density at radius 2 is 0.750 bits per heavy atom. The van der Waals surface area contributed by atoms with Crippen molar-refractivity contribution in [3.63, 3.8) is 0 Å². The predicted octanol–water partition coefficient (Wildman–Crippen LogP) is 18.5. The maximum atomic E-state index is 2.53. The second kappa shape index (κ2) is 15.0. The van der Waals surface area contributed by atoms with Gasteiger partial charge < -0.3 is 9.80 Å². The molecule has 2 nitrogen and oxygen atoms in total. The molecule has 0 atom stereocenters. The summed E-state index contributed by atoms with van der Waals surface area (Å²) in [6, 6.07) is 84.9. The quantitative estimate of drug-likeness (QED) is 0.158. The summed E-state index contributed by atoms with van der Waals surface area (Å²) < 4.78 is 5.13. The maximum absolute atomic E-state index is 2.53. The number of thiophene rings is 2. The standard InChI is InChI=1S/C60H38N2S2/c1-2-16-41(17-3-1)52-37-44-36-46(61(45-33-31-39-15-4-5-19-42(39)35-45)54-27-13-24-50-48-22-8-10-29-57(48)63-59(50)54)34-32-43(44)38-56(52)62(53-26-12-20-40-18-6-7-21-47(40)53)55-28-14-25-51-49-23-9-11-30-58(49)64-60(51)55/h1-38H. The fraction of sp³-hybridized carbons (Fsp3) is 0. The molecule has 13 aromatic rings. The van der Waals surface area contributed by atoms with Gasteiger partial charge in [-0.05, 0) is 99.2 Å². The number of hydrogen-bond donors (Lipinski definition) is 0. The zero-order valence-corrected chi connectivity index (χ0v) is 36.3. The lowest BCUT2D eigenvalue weighted by molar-refractivity contribution is 1.31. The number of hydrogen-bond acceptors (Lipinski definition) is 4. The van der Waals surface area contributed by atoms with Crippen LogP contribution in [0, 0.1) is 0 Å².